The summed E-state index contributed by atoms with van der Waals surface area (Å²) in [6.45, 7) is 0.865. The second-order valence-electron chi connectivity index (χ2n) is 5.41. The van der Waals surface area contributed by atoms with Crippen LogP contribution in [0.2, 0.25) is 0 Å². The Balaban J connectivity index is 1.91. The molecule has 8 nitrogen and oxygen atoms in total. The van der Waals surface area contributed by atoms with Crippen LogP contribution in [-0.2, 0) is 9.59 Å². The van der Waals surface area contributed by atoms with Crippen molar-refractivity contribution in [1.82, 2.24) is 10.2 Å². The van der Waals surface area contributed by atoms with Crippen LogP contribution in [0, 0.1) is 11.8 Å². The number of carboxylic acid groups (broad SMARTS) is 2. The van der Waals surface area contributed by atoms with Crippen LogP contribution in [0.3, 0.4) is 0 Å². The van der Waals surface area contributed by atoms with Crippen molar-refractivity contribution in [3.63, 3.8) is 0 Å². The summed E-state index contributed by atoms with van der Waals surface area (Å²) in [5, 5.41) is 29.5. The van der Waals surface area contributed by atoms with Crippen LogP contribution >= 0.6 is 0 Å². The second kappa shape index (κ2) is 5.66. The number of carboxylic acids is 2. The number of rotatable bonds is 4. The van der Waals surface area contributed by atoms with Gasteiger partial charge in [-0.05, 0) is 18.8 Å². The molecule has 1 saturated heterocycles. The normalized spacial score (nSPS) is 29.9. The van der Waals surface area contributed by atoms with Gasteiger partial charge in [0, 0.05) is 19.0 Å². The van der Waals surface area contributed by atoms with E-state index in [9.17, 15) is 19.5 Å². The van der Waals surface area contributed by atoms with Crippen molar-refractivity contribution in [2.24, 2.45) is 11.8 Å². The highest BCUT2D eigenvalue weighted by Gasteiger charge is 2.43. The van der Waals surface area contributed by atoms with Crippen LogP contribution in [0.15, 0.2) is 0 Å². The summed E-state index contributed by atoms with van der Waals surface area (Å²) >= 11 is 0. The number of amides is 2. The summed E-state index contributed by atoms with van der Waals surface area (Å²) in [7, 11) is 0. The lowest BCUT2D eigenvalue weighted by Crippen LogP contribution is -2.48. The third-order valence-electron chi connectivity index (χ3n) is 4.08. The number of carbonyl (C=O) groups excluding carboxylic acids is 1. The zero-order chi connectivity index (χ0) is 14.9. The molecule has 2 fully saturated rings. The van der Waals surface area contributed by atoms with Crippen molar-refractivity contribution in [3.8, 4) is 0 Å². The molecule has 4 N–H and O–H groups in total. The van der Waals surface area contributed by atoms with Gasteiger partial charge in [-0.1, -0.05) is 0 Å². The van der Waals surface area contributed by atoms with Gasteiger partial charge >= 0.3 is 18.0 Å². The maximum Gasteiger partial charge on any atom is 0.326 e. The largest absolute Gasteiger partial charge is 0.481 e. The SMILES string of the molecule is O=C(O)C[C@H](NC(=O)N1CC2CCC(O)C2C1)C(=O)O. The monoisotopic (exact) mass is 286 g/mol. The van der Waals surface area contributed by atoms with Crippen LogP contribution in [0.4, 0.5) is 4.79 Å². The number of aliphatic hydroxyl groups excluding tert-OH is 1. The third kappa shape index (κ3) is 3.01. The molecule has 1 heterocycles. The molecule has 0 aromatic heterocycles. The Morgan fingerprint density at radius 3 is 2.45 bits per heavy atom. The number of aliphatic hydroxyl groups is 1. The van der Waals surface area contributed by atoms with Crippen molar-refractivity contribution in [1.29, 1.82) is 0 Å². The molecular formula is C12H18N2O6. The summed E-state index contributed by atoms with van der Waals surface area (Å²) in [6.07, 6.45) is 0.520. The van der Waals surface area contributed by atoms with Gasteiger partial charge in [-0.2, -0.15) is 0 Å². The molecule has 20 heavy (non-hydrogen) atoms. The highest BCUT2D eigenvalue weighted by Crippen LogP contribution is 2.37. The van der Waals surface area contributed by atoms with Gasteiger partial charge in [-0.15, -0.1) is 0 Å². The third-order valence-corrected chi connectivity index (χ3v) is 4.08. The maximum atomic E-state index is 12.0. The van der Waals surface area contributed by atoms with Gasteiger partial charge in [0.1, 0.15) is 6.04 Å². The van der Waals surface area contributed by atoms with E-state index < -0.39 is 36.5 Å². The molecule has 1 aliphatic carbocycles. The summed E-state index contributed by atoms with van der Waals surface area (Å²) < 4.78 is 0. The van der Waals surface area contributed by atoms with Gasteiger partial charge in [-0.3, -0.25) is 4.79 Å². The standard InChI is InChI=1S/C12H18N2O6/c15-9-2-1-6-4-14(5-7(6)9)12(20)13-8(11(18)19)3-10(16)17/h6-9,15H,1-5H2,(H,13,20)(H,16,17)(H,18,19)/t6?,7?,8-,9?/m0/s1. The topological polar surface area (TPSA) is 127 Å². The van der Waals surface area contributed by atoms with Crippen LogP contribution in [0.5, 0.6) is 0 Å². The Kier molecular flexibility index (Phi) is 4.12. The zero-order valence-corrected chi connectivity index (χ0v) is 10.9. The van der Waals surface area contributed by atoms with E-state index in [0.29, 0.717) is 13.1 Å². The van der Waals surface area contributed by atoms with E-state index in [4.69, 9.17) is 10.2 Å². The quantitative estimate of drug-likeness (QED) is 0.542. The zero-order valence-electron chi connectivity index (χ0n) is 10.9. The lowest BCUT2D eigenvalue weighted by atomic mass is 10.00. The Labute approximate surface area is 115 Å². The van der Waals surface area contributed by atoms with Crippen LogP contribution < -0.4 is 5.32 Å². The van der Waals surface area contributed by atoms with E-state index in [0.717, 1.165) is 12.8 Å². The lowest BCUT2D eigenvalue weighted by Gasteiger charge is -2.21. The fraction of sp³-hybridized carbons (Fsp3) is 0.750. The summed E-state index contributed by atoms with van der Waals surface area (Å²) in [5.41, 5.74) is 0. The minimum atomic E-state index is -1.44. The molecule has 2 rings (SSSR count). The number of urea groups is 1. The van der Waals surface area contributed by atoms with E-state index in [1.807, 2.05) is 0 Å². The van der Waals surface area contributed by atoms with Crippen LogP contribution in [0.1, 0.15) is 19.3 Å². The van der Waals surface area contributed by atoms with Crippen LogP contribution in [-0.4, -0.2) is 63.4 Å². The van der Waals surface area contributed by atoms with Crippen molar-refractivity contribution >= 4 is 18.0 Å². The van der Waals surface area contributed by atoms with Gasteiger partial charge in [0.05, 0.1) is 12.5 Å². The molecule has 1 aliphatic heterocycles. The molecular weight excluding hydrogens is 268 g/mol. The Hall–Kier alpha value is -1.83. The molecule has 112 valence electrons. The molecule has 8 heteroatoms. The smallest absolute Gasteiger partial charge is 0.326 e. The molecule has 0 aromatic rings. The Morgan fingerprint density at radius 2 is 1.90 bits per heavy atom. The first-order valence-electron chi connectivity index (χ1n) is 6.56. The molecule has 3 unspecified atom stereocenters. The number of carbonyl (C=O) groups is 3. The van der Waals surface area contributed by atoms with Gasteiger partial charge in [0.25, 0.3) is 0 Å². The predicted octanol–water partition coefficient (Wildman–Crippen LogP) is -0.673. The predicted molar refractivity (Wildman–Crippen MR) is 66.0 cm³/mol. The minimum Gasteiger partial charge on any atom is -0.481 e. The molecule has 0 spiro atoms. The van der Waals surface area contributed by atoms with Gasteiger partial charge in [0.15, 0.2) is 0 Å². The van der Waals surface area contributed by atoms with E-state index in [-0.39, 0.29) is 11.8 Å². The summed E-state index contributed by atoms with van der Waals surface area (Å²) in [6, 6.07) is -2.02. The summed E-state index contributed by atoms with van der Waals surface area (Å²) in [5.74, 6) is -2.37. The number of nitrogens with zero attached hydrogens (tertiary/aromatic N) is 1. The lowest BCUT2D eigenvalue weighted by molar-refractivity contribution is -0.145. The highest BCUT2D eigenvalue weighted by molar-refractivity contribution is 5.86. The van der Waals surface area contributed by atoms with E-state index in [1.165, 1.54) is 4.90 Å². The number of likely N-dealkylation sites (tertiary alicyclic amines) is 1. The molecule has 0 aromatic carbocycles. The fourth-order valence-corrected chi connectivity index (χ4v) is 3.02. The van der Waals surface area contributed by atoms with Gasteiger partial charge < -0.3 is 25.5 Å². The van der Waals surface area contributed by atoms with Crippen molar-refractivity contribution in [2.45, 2.75) is 31.4 Å². The number of hydrogen-bond acceptors (Lipinski definition) is 4. The molecule has 2 amide bonds. The average Bonchev–Trinajstić information content (AvgIpc) is 2.90. The maximum absolute atomic E-state index is 12.0. The van der Waals surface area contributed by atoms with Crippen LogP contribution in [0.25, 0.3) is 0 Å². The Morgan fingerprint density at radius 1 is 1.20 bits per heavy atom. The molecule has 4 atom stereocenters. The van der Waals surface area contributed by atoms with Gasteiger partial charge in [-0.25, -0.2) is 9.59 Å². The number of aliphatic carboxylic acids is 2. The first kappa shape index (κ1) is 14.6. The number of nitrogens with one attached hydrogen (secondary N) is 1. The first-order valence-corrected chi connectivity index (χ1v) is 6.56. The number of fused-ring (bicyclic) bond motifs is 1. The second-order valence-corrected chi connectivity index (χ2v) is 5.41. The molecule has 0 radical (unpaired) electrons. The average molecular weight is 286 g/mol. The molecule has 2 aliphatic rings. The van der Waals surface area contributed by atoms with Gasteiger partial charge in [0.2, 0.25) is 0 Å². The Bertz CT molecular complexity index is 426. The van der Waals surface area contributed by atoms with Crippen molar-refractivity contribution in [3.05, 3.63) is 0 Å². The van der Waals surface area contributed by atoms with Crippen molar-refractivity contribution in [2.75, 3.05) is 13.1 Å². The highest BCUT2D eigenvalue weighted by atomic mass is 16.4. The number of hydrogen-bond donors (Lipinski definition) is 4. The molecule has 1 saturated carbocycles. The van der Waals surface area contributed by atoms with E-state index >= 15 is 0 Å². The van der Waals surface area contributed by atoms with E-state index in [1.54, 1.807) is 0 Å². The van der Waals surface area contributed by atoms with Crippen molar-refractivity contribution < 1.29 is 29.7 Å². The van der Waals surface area contributed by atoms with E-state index in [2.05, 4.69) is 5.32 Å². The molecule has 0 bridgehead atoms. The minimum absolute atomic E-state index is 0.0449. The summed E-state index contributed by atoms with van der Waals surface area (Å²) in [4.78, 5) is 34.9. The fourth-order valence-electron chi connectivity index (χ4n) is 3.02. The first-order chi connectivity index (χ1) is 9.38.